The van der Waals surface area contributed by atoms with E-state index >= 15 is 0 Å². The molecule has 1 aromatic heterocycles. The molecule has 0 spiro atoms. The third-order valence-electron chi connectivity index (χ3n) is 5.24. The number of aromatic nitrogens is 2. The number of nitrogens with zero attached hydrogens (tertiary/aromatic N) is 2. The van der Waals surface area contributed by atoms with Gasteiger partial charge in [-0.3, -0.25) is 9.35 Å². The van der Waals surface area contributed by atoms with Crippen molar-refractivity contribution < 1.29 is 40.5 Å². The summed E-state index contributed by atoms with van der Waals surface area (Å²) in [4.78, 5) is 31.4. The van der Waals surface area contributed by atoms with E-state index in [1.165, 1.54) is 61.8 Å². The number of amides is 3. The highest BCUT2D eigenvalue weighted by molar-refractivity contribution is 7.85. The topological polar surface area (TPSA) is 160 Å². The van der Waals surface area contributed by atoms with E-state index in [2.05, 4.69) is 25.9 Å². The molecule has 16 heteroatoms. The Morgan fingerprint density at radius 3 is 2.12 bits per heavy atom. The van der Waals surface area contributed by atoms with Gasteiger partial charge in [-0.25, -0.2) is 9.78 Å². The van der Waals surface area contributed by atoms with Gasteiger partial charge in [0.15, 0.2) is 0 Å². The number of anilines is 2. The summed E-state index contributed by atoms with van der Waals surface area (Å²) < 4.78 is 73.9. The second kappa shape index (κ2) is 14.0. The summed E-state index contributed by atoms with van der Waals surface area (Å²) in [5.74, 6) is -0.0230. The van der Waals surface area contributed by atoms with E-state index in [4.69, 9.17) is 20.9 Å². The number of hydrogen-bond acceptors (Lipinski definition) is 7. The summed E-state index contributed by atoms with van der Waals surface area (Å²) in [5, 5.41) is 6.73. The first-order valence-electron chi connectivity index (χ1n) is 12.0. The zero-order chi connectivity index (χ0) is 31.8. The third kappa shape index (κ3) is 9.95. The number of carbonyl (C=O) groups is 2. The Morgan fingerprint density at radius 2 is 1.53 bits per heavy atom. The molecule has 4 rings (SSSR count). The van der Waals surface area contributed by atoms with Gasteiger partial charge in [0.05, 0.1) is 15.5 Å². The lowest BCUT2D eigenvalue weighted by Crippen LogP contribution is -2.20. The van der Waals surface area contributed by atoms with Gasteiger partial charge in [0.25, 0.3) is 16.0 Å². The lowest BCUT2D eigenvalue weighted by atomic mass is 10.2. The largest absolute Gasteiger partial charge is 0.439 e. The van der Waals surface area contributed by atoms with Gasteiger partial charge in [0.1, 0.15) is 5.75 Å². The number of urea groups is 1. The molecule has 0 radical (unpaired) electrons. The third-order valence-corrected chi connectivity index (χ3v) is 6.44. The van der Waals surface area contributed by atoms with Crippen LogP contribution in [-0.4, -0.2) is 41.9 Å². The van der Waals surface area contributed by atoms with Gasteiger partial charge in [-0.2, -0.15) is 26.6 Å². The van der Waals surface area contributed by atoms with Gasteiger partial charge in [-0.1, -0.05) is 29.3 Å². The van der Waals surface area contributed by atoms with E-state index in [0.717, 1.165) is 17.7 Å². The molecule has 0 unspecified atom stereocenters. The molecule has 0 aliphatic carbocycles. The average molecular weight is 638 g/mol. The van der Waals surface area contributed by atoms with Gasteiger partial charge >= 0.3 is 12.2 Å². The van der Waals surface area contributed by atoms with Crippen molar-refractivity contribution in [2.45, 2.75) is 18.0 Å². The van der Waals surface area contributed by atoms with Crippen LogP contribution in [0.1, 0.15) is 21.7 Å². The van der Waals surface area contributed by atoms with Crippen LogP contribution in [0.5, 0.6) is 11.6 Å². The van der Waals surface area contributed by atoms with Crippen LogP contribution in [0, 0.1) is 6.92 Å². The van der Waals surface area contributed by atoms with E-state index in [1.807, 2.05) is 6.92 Å². The Hall–Kier alpha value is -4.73. The summed E-state index contributed by atoms with van der Waals surface area (Å²) >= 11 is 5.56. The van der Waals surface area contributed by atoms with Crippen molar-refractivity contribution in [3.63, 3.8) is 0 Å². The molecule has 43 heavy (non-hydrogen) atoms. The number of aryl methyl sites for hydroxylation is 1. The van der Waals surface area contributed by atoms with Crippen LogP contribution in [0.25, 0.3) is 0 Å². The highest BCUT2D eigenvalue weighted by Crippen LogP contribution is 2.36. The van der Waals surface area contributed by atoms with Crippen molar-refractivity contribution in [3.8, 4) is 11.6 Å². The Labute approximate surface area is 248 Å². The number of alkyl halides is 3. The molecule has 11 nitrogen and oxygen atoms in total. The maximum absolute atomic E-state index is 12.9. The molecule has 226 valence electrons. The van der Waals surface area contributed by atoms with Crippen molar-refractivity contribution >= 4 is 45.0 Å². The van der Waals surface area contributed by atoms with Crippen LogP contribution in [0.2, 0.25) is 5.02 Å². The molecule has 3 amide bonds. The minimum Gasteiger partial charge on any atom is -0.439 e. The van der Waals surface area contributed by atoms with E-state index < -0.39 is 38.8 Å². The smallest absolute Gasteiger partial charge is 0.417 e. The molecule has 0 atom stereocenters. The fourth-order valence-electron chi connectivity index (χ4n) is 3.17. The summed E-state index contributed by atoms with van der Waals surface area (Å²) in [6.07, 6.45) is -3.28. The molecule has 0 saturated heterocycles. The lowest BCUT2D eigenvalue weighted by molar-refractivity contribution is -0.137. The summed E-state index contributed by atoms with van der Waals surface area (Å²) in [6.45, 7) is 1.84. The predicted molar refractivity (Wildman–Crippen MR) is 152 cm³/mol. The van der Waals surface area contributed by atoms with E-state index in [-0.39, 0.29) is 22.3 Å². The van der Waals surface area contributed by atoms with Crippen LogP contribution >= 0.6 is 11.6 Å². The van der Waals surface area contributed by atoms with Crippen LogP contribution in [-0.2, 0) is 16.3 Å². The quantitative estimate of drug-likeness (QED) is 0.182. The van der Waals surface area contributed by atoms with Gasteiger partial charge in [-0.15, -0.1) is 0 Å². The van der Waals surface area contributed by atoms with E-state index in [9.17, 15) is 31.2 Å². The van der Waals surface area contributed by atoms with Crippen LogP contribution in [0.4, 0.5) is 29.3 Å². The van der Waals surface area contributed by atoms with Crippen LogP contribution < -0.4 is 20.7 Å². The maximum Gasteiger partial charge on any atom is 0.417 e. The summed E-state index contributed by atoms with van der Waals surface area (Å²) in [5.41, 5.74) is 0.184. The van der Waals surface area contributed by atoms with Crippen LogP contribution in [0.3, 0.4) is 0 Å². The Kier molecular flexibility index (Phi) is 10.6. The second-order valence-electron chi connectivity index (χ2n) is 8.48. The second-order valence-corrected chi connectivity index (χ2v) is 10.3. The van der Waals surface area contributed by atoms with Crippen molar-refractivity contribution in [3.05, 3.63) is 101 Å². The fraction of sp³-hybridized carbons (Fsp3) is 0.111. The maximum atomic E-state index is 12.9. The first-order chi connectivity index (χ1) is 20.2. The molecule has 0 saturated carbocycles. The van der Waals surface area contributed by atoms with E-state index in [1.54, 1.807) is 12.1 Å². The van der Waals surface area contributed by atoms with Gasteiger partial charge in [-0.05, 0) is 61.5 Å². The lowest BCUT2D eigenvalue weighted by Gasteiger charge is -2.12. The number of halogens is 4. The van der Waals surface area contributed by atoms with Gasteiger partial charge in [0, 0.05) is 30.7 Å². The molecule has 0 aliphatic rings. The normalized spacial score (nSPS) is 11.0. The number of ether oxygens (including phenoxy) is 1. The number of carbonyl (C=O) groups excluding carboxylic acids is 2. The molecule has 3 aromatic carbocycles. The molecule has 0 fully saturated rings. The predicted octanol–water partition coefficient (Wildman–Crippen LogP) is 6.19. The SMILES string of the molecule is CNC(=O)c1nccc(Oc2ccc(NC(=O)Nc3ccc(Cl)c(C(F)(F)F)c3)cc2)n1.Cc1ccc(S(=O)(=O)O)cc1. The van der Waals surface area contributed by atoms with Crippen molar-refractivity contribution in [2.75, 3.05) is 17.7 Å². The molecular formula is C27H23ClF3N5O6S. The number of rotatable bonds is 6. The van der Waals surface area contributed by atoms with E-state index in [0.29, 0.717) is 11.4 Å². The molecule has 0 bridgehead atoms. The van der Waals surface area contributed by atoms with Crippen molar-refractivity contribution in [1.82, 2.24) is 15.3 Å². The highest BCUT2D eigenvalue weighted by Gasteiger charge is 2.33. The van der Waals surface area contributed by atoms with Crippen LogP contribution in [0.15, 0.2) is 83.9 Å². The summed E-state index contributed by atoms with van der Waals surface area (Å²) in [7, 11) is -2.57. The first kappa shape index (κ1) is 32.8. The Morgan fingerprint density at radius 1 is 0.930 bits per heavy atom. The molecule has 4 aromatic rings. The minimum absolute atomic E-state index is 0.0594. The molecule has 4 N–H and O–H groups in total. The fourth-order valence-corrected chi connectivity index (χ4v) is 3.88. The number of nitrogens with one attached hydrogen (secondary N) is 3. The monoisotopic (exact) mass is 637 g/mol. The average Bonchev–Trinajstić information content (AvgIpc) is 2.94. The zero-order valence-corrected chi connectivity index (χ0v) is 23.9. The van der Waals surface area contributed by atoms with Crippen molar-refractivity contribution in [1.29, 1.82) is 0 Å². The number of hydrogen-bond donors (Lipinski definition) is 4. The number of benzene rings is 3. The Balaban J connectivity index is 0.000000386. The first-order valence-corrected chi connectivity index (χ1v) is 13.8. The Bertz CT molecular complexity index is 1700. The molecular weight excluding hydrogens is 615 g/mol. The zero-order valence-electron chi connectivity index (χ0n) is 22.3. The standard InChI is InChI=1S/C20H15ClF3N5O3.C7H8O3S/c1-25-18(30)17-26-9-8-16(29-17)32-13-5-2-11(3-6-13)27-19(31)28-12-4-7-15(21)14(10-12)20(22,23)24;1-6-2-4-7(5-3-6)11(8,9)10/h2-10H,1H3,(H,25,30)(H2,27,28,31);2-5H,1H3,(H,8,9,10). The van der Waals surface area contributed by atoms with Gasteiger partial charge in [0.2, 0.25) is 11.7 Å². The summed E-state index contributed by atoms with van der Waals surface area (Å²) in [6, 6.07) is 15.8. The van der Waals surface area contributed by atoms with Gasteiger partial charge < -0.3 is 20.7 Å². The highest BCUT2D eigenvalue weighted by atomic mass is 35.5. The van der Waals surface area contributed by atoms with Crippen molar-refractivity contribution in [2.24, 2.45) is 0 Å². The molecule has 0 aliphatic heterocycles. The minimum atomic E-state index is -4.65. The molecule has 1 heterocycles.